The topological polar surface area (TPSA) is 43.9 Å². The van der Waals surface area contributed by atoms with Gasteiger partial charge in [-0.15, -0.1) is 0 Å². The van der Waals surface area contributed by atoms with E-state index in [1.54, 1.807) is 17.0 Å². The van der Waals surface area contributed by atoms with Crippen molar-refractivity contribution in [1.82, 2.24) is 4.90 Å². The molecule has 5 nitrogen and oxygen atoms in total. The number of carbonyl (C=O) groups is 2. The fourth-order valence-electron chi connectivity index (χ4n) is 4.21. The van der Waals surface area contributed by atoms with Gasteiger partial charge in [0.2, 0.25) is 11.8 Å². The van der Waals surface area contributed by atoms with Gasteiger partial charge in [-0.2, -0.15) is 0 Å². The maximum atomic E-state index is 13.1. The van der Waals surface area contributed by atoms with E-state index in [4.69, 9.17) is 0 Å². The van der Waals surface area contributed by atoms with Gasteiger partial charge in [0.15, 0.2) is 0 Å². The molecule has 29 heavy (non-hydrogen) atoms. The number of hydrogen-bond donors (Lipinski definition) is 0. The number of amides is 2. The summed E-state index contributed by atoms with van der Waals surface area (Å²) < 4.78 is 13.1. The third-order valence-electron chi connectivity index (χ3n) is 5.91. The fourth-order valence-corrected chi connectivity index (χ4v) is 4.21. The lowest BCUT2D eigenvalue weighted by Gasteiger charge is -2.37. The lowest BCUT2D eigenvalue weighted by Crippen LogP contribution is -2.50. The van der Waals surface area contributed by atoms with E-state index in [9.17, 15) is 14.0 Å². The molecule has 0 N–H and O–H groups in total. The van der Waals surface area contributed by atoms with E-state index in [2.05, 4.69) is 4.90 Å². The van der Waals surface area contributed by atoms with Gasteiger partial charge in [0.1, 0.15) is 5.82 Å². The predicted octanol–water partition coefficient (Wildman–Crippen LogP) is 3.14. The molecule has 0 aromatic heterocycles. The van der Waals surface area contributed by atoms with Gasteiger partial charge in [0, 0.05) is 50.5 Å². The van der Waals surface area contributed by atoms with Crippen molar-refractivity contribution in [3.05, 3.63) is 59.4 Å². The van der Waals surface area contributed by atoms with Crippen molar-refractivity contribution < 1.29 is 14.0 Å². The van der Waals surface area contributed by atoms with Crippen LogP contribution in [0.15, 0.2) is 42.5 Å². The zero-order valence-corrected chi connectivity index (χ0v) is 16.9. The van der Waals surface area contributed by atoms with E-state index in [1.807, 2.05) is 36.9 Å². The van der Waals surface area contributed by atoms with Crippen LogP contribution in [0, 0.1) is 25.6 Å². The number of aryl methyl sites for hydroxylation is 2. The van der Waals surface area contributed by atoms with Crippen LogP contribution in [0.1, 0.15) is 17.5 Å². The lowest BCUT2D eigenvalue weighted by atomic mass is 10.1. The molecule has 2 heterocycles. The number of halogens is 1. The number of nitrogens with zero attached hydrogens (tertiary/aromatic N) is 3. The van der Waals surface area contributed by atoms with Gasteiger partial charge < -0.3 is 14.7 Å². The van der Waals surface area contributed by atoms with E-state index in [1.165, 1.54) is 12.1 Å². The van der Waals surface area contributed by atoms with Crippen LogP contribution < -0.4 is 9.80 Å². The number of benzene rings is 2. The van der Waals surface area contributed by atoms with Crippen molar-refractivity contribution >= 4 is 23.2 Å². The zero-order chi connectivity index (χ0) is 20.5. The van der Waals surface area contributed by atoms with Crippen LogP contribution in [0.5, 0.6) is 0 Å². The Morgan fingerprint density at radius 1 is 1.00 bits per heavy atom. The first-order chi connectivity index (χ1) is 13.9. The van der Waals surface area contributed by atoms with E-state index in [-0.39, 0.29) is 30.0 Å². The monoisotopic (exact) mass is 395 g/mol. The summed E-state index contributed by atoms with van der Waals surface area (Å²) in [4.78, 5) is 31.4. The Morgan fingerprint density at radius 3 is 2.38 bits per heavy atom. The molecule has 0 bridgehead atoms. The summed E-state index contributed by atoms with van der Waals surface area (Å²) in [5.74, 6) is -0.464. The Bertz CT molecular complexity index is 920. The summed E-state index contributed by atoms with van der Waals surface area (Å²) in [5, 5.41) is 0. The van der Waals surface area contributed by atoms with Gasteiger partial charge in [-0.1, -0.05) is 12.1 Å². The Morgan fingerprint density at radius 2 is 1.69 bits per heavy atom. The summed E-state index contributed by atoms with van der Waals surface area (Å²) >= 11 is 0. The molecule has 2 aromatic carbocycles. The predicted molar refractivity (Wildman–Crippen MR) is 112 cm³/mol. The normalized spacial score (nSPS) is 19.8. The molecule has 2 amide bonds. The van der Waals surface area contributed by atoms with Gasteiger partial charge in [-0.3, -0.25) is 9.59 Å². The molecule has 2 aromatic rings. The first-order valence-electron chi connectivity index (χ1n) is 10.1. The van der Waals surface area contributed by atoms with Gasteiger partial charge in [-0.25, -0.2) is 4.39 Å². The SMILES string of the molecule is Cc1ccc(C)c(N2CC(C(=O)N3CCN(c4ccc(F)cc4)CC3)CC2=O)c1. The van der Waals surface area contributed by atoms with Crippen LogP contribution in [0.3, 0.4) is 0 Å². The molecule has 2 aliphatic heterocycles. The molecule has 4 rings (SSSR count). The Balaban J connectivity index is 1.39. The number of hydrogen-bond acceptors (Lipinski definition) is 3. The molecule has 0 spiro atoms. The molecule has 0 saturated carbocycles. The fraction of sp³-hybridized carbons (Fsp3) is 0.391. The van der Waals surface area contributed by atoms with Crippen molar-refractivity contribution in [1.29, 1.82) is 0 Å². The summed E-state index contributed by atoms with van der Waals surface area (Å²) in [7, 11) is 0. The van der Waals surface area contributed by atoms with Crippen LogP contribution in [0.4, 0.5) is 15.8 Å². The van der Waals surface area contributed by atoms with Crippen molar-refractivity contribution in [2.24, 2.45) is 5.92 Å². The summed E-state index contributed by atoms with van der Waals surface area (Å²) in [5.41, 5.74) is 4.03. The molecule has 2 fully saturated rings. The largest absolute Gasteiger partial charge is 0.368 e. The first-order valence-corrected chi connectivity index (χ1v) is 10.1. The number of anilines is 2. The van der Waals surface area contributed by atoms with E-state index < -0.39 is 0 Å². The summed E-state index contributed by atoms with van der Waals surface area (Å²) in [6.45, 7) is 7.09. The van der Waals surface area contributed by atoms with Crippen LogP contribution in [0.2, 0.25) is 0 Å². The third kappa shape index (κ3) is 3.97. The molecular formula is C23H26FN3O2. The van der Waals surface area contributed by atoms with Crippen molar-refractivity contribution in [3.8, 4) is 0 Å². The van der Waals surface area contributed by atoms with Crippen LogP contribution in [-0.2, 0) is 9.59 Å². The highest BCUT2D eigenvalue weighted by atomic mass is 19.1. The molecule has 2 aliphatic rings. The maximum Gasteiger partial charge on any atom is 0.228 e. The van der Waals surface area contributed by atoms with Crippen LogP contribution in [0.25, 0.3) is 0 Å². The number of piperazine rings is 1. The average molecular weight is 395 g/mol. The molecular weight excluding hydrogens is 369 g/mol. The standard InChI is InChI=1S/C23H26FN3O2/c1-16-3-4-17(2)21(13-16)27-15-18(14-22(27)28)23(29)26-11-9-25(10-12-26)20-7-5-19(24)6-8-20/h3-8,13,18H,9-12,14-15H2,1-2H3. The Labute approximate surface area is 170 Å². The van der Waals surface area contributed by atoms with Gasteiger partial charge >= 0.3 is 0 Å². The molecule has 6 heteroatoms. The van der Waals surface area contributed by atoms with Crippen molar-refractivity contribution in [2.45, 2.75) is 20.3 Å². The highest BCUT2D eigenvalue weighted by Crippen LogP contribution is 2.30. The molecule has 2 saturated heterocycles. The van der Waals surface area contributed by atoms with Gasteiger partial charge in [-0.05, 0) is 55.3 Å². The Hall–Kier alpha value is -2.89. The first kappa shape index (κ1) is 19.4. The van der Waals surface area contributed by atoms with E-state index in [0.29, 0.717) is 32.7 Å². The minimum atomic E-state index is -0.292. The highest BCUT2D eigenvalue weighted by Gasteiger charge is 2.38. The minimum absolute atomic E-state index is 0.0157. The van der Waals surface area contributed by atoms with Crippen molar-refractivity contribution in [3.63, 3.8) is 0 Å². The van der Waals surface area contributed by atoms with Gasteiger partial charge in [0.05, 0.1) is 5.92 Å². The lowest BCUT2D eigenvalue weighted by molar-refractivity contribution is -0.136. The van der Waals surface area contributed by atoms with Gasteiger partial charge in [0.25, 0.3) is 0 Å². The summed E-state index contributed by atoms with van der Waals surface area (Å²) in [6, 6.07) is 12.5. The minimum Gasteiger partial charge on any atom is -0.368 e. The van der Waals surface area contributed by atoms with E-state index in [0.717, 1.165) is 22.5 Å². The van der Waals surface area contributed by atoms with E-state index >= 15 is 0 Å². The smallest absolute Gasteiger partial charge is 0.228 e. The van der Waals surface area contributed by atoms with Crippen molar-refractivity contribution in [2.75, 3.05) is 42.5 Å². The summed E-state index contributed by atoms with van der Waals surface area (Å²) in [6.07, 6.45) is 0.268. The average Bonchev–Trinajstić information content (AvgIpc) is 3.11. The van der Waals surface area contributed by atoms with Crippen LogP contribution in [-0.4, -0.2) is 49.4 Å². The number of carbonyl (C=O) groups excluding carboxylic acids is 2. The zero-order valence-electron chi connectivity index (χ0n) is 16.9. The maximum absolute atomic E-state index is 13.1. The molecule has 0 aliphatic carbocycles. The second kappa shape index (κ2) is 7.85. The third-order valence-corrected chi connectivity index (χ3v) is 5.91. The second-order valence-electron chi connectivity index (χ2n) is 7.98. The molecule has 152 valence electrons. The molecule has 1 atom stereocenters. The Kier molecular flexibility index (Phi) is 5.26. The van der Waals surface area contributed by atoms with Crippen LogP contribution >= 0.6 is 0 Å². The second-order valence-corrected chi connectivity index (χ2v) is 7.98. The number of rotatable bonds is 3. The molecule has 1 unspecified atom stereocenters. The quantitative estimate of drug-likeness (QED) is 0.802. The highest BCUT2D eigenvalue weighted by molar-refractivity contribution is 6.00. The molecule has 0 radical (unpaired) electrons.